The monoisotopic (exact) mass is 315 g/mol. The maximum atomic E-state index is 13.2. The summed E-state index contributed by atoms with van der Waals surface area (Å²) in [5, 5.41) is 0. The molecule has 1 aromatic carbocycles. The van der Waals surface area contributed by atoms with Gasteiger partial charge in [-0.15, -0.1) is 0 Å². The number of piperidine rings is 2. The first kappa shape index (κ1) is 15.3. The number of hydrogen-bond donors (Lipinski definition) is 0. The Hall–Kier alpha value is -1.23. The molecule has 4 rings (SSSR count). The van der Waals surface area contributed by atoms with Crippen LogP contribution in [0.2, 0.25) is 0 Å². The number of fused-ring (bicyclic) bond motifs is 2. The van der Waals surface area contributed by atoms with Crippen LogP contribution < -0.4 is 0 Å². The summed E-state index contributed by atoms with van der Waals surface area (Å²) in [5.41, 5.74) is 1.70. The molecule has 2 bridgehead atoms. The van der Waals surface area contributed by atoms with Crippen molar-refractivity contribution in [3.63, 3.8) is 0 Å². The molecule has 0 radical (unpaired) electrons. The van der Waals surface area contributed by atoms with Gasteiger partial charge in [-0.25, -0.2) is 0 Å². The lowest BCUT2D eigenvalue weighted by Crippen LogP contribution is -2.51. The second-order valence-corrected chi connectivity index (χ2v) is 7.10. The Kier molecular flexibility index (Phi) is 4.22. The van der Waals surface area contributed by atoms with Crippen LogP contribution in [0.4, 0.5) is 0 Å². The highest BCUT2D eigenvalue weighted by Gasteiger charge is 2.39. The molecule has 0 amide bonds. The van der Waals surface area contributed by atoms with Crippen molar-refractivity contribution in [2.75, 3.05) is 20.3 Å². The normalized spacial score (nSPS) is 32.1. The van der Waals surface area contributed by atoms with Crippen molar-refractivity contribution < 1.29 is 14.3 Å². The van der Waals surface area contributed by atoms with Crippen LogP contribution in [0.25, 0.3) is 0 Å². The molecular weight excluding hydrogens is 290 g/mol. The molecule has 0 saturated carbocycles. The van der Waals surface area contributed by atoms with E-state index in [1.807, 2.05) is 24.3 Å². The molecule has 3 aliphatic rings. The van der Waals surface area contributed by atoms with Gasteiger partial charge in [-0.3, -0.25) is 4.79 Å². The largest absolute Gasteiger partial charge is 0.346 e. The fourth-order valence-corrected chi connectivity index (χ4v) is 4.51. The van der Waals surface area contributed by atoms with Crippen LogP contribution >= 0.6 is 0 Å². The van der Waals surface area contributed by atoms with Gasteiger partial charge in [0.25, 0.3) is 0 Å². The summed E-state index contributed by atoms with van der Waals surface area (Å²) in [7, 11) is 2.23. The van der Waals surface area contributed by atoms with Crippen LogP contribution in [0, 0.1) is 5.92 Å². The molecule has 2 unspecified atom stereocenters. The molecule has 4 heteroatoms. The summed E-state index contributed by atoms with van der Waals surface area (Å²) in [6, 6.07) is 8.96. The van der Waals surface area contributed by atoms with Gasteiger partial charge in [-0.1, -0.05) is 30.7 Å². The molecule has 23 heavy (non-hydrogen) atoms. The number of nitrogens with zero attached hydrogens (tertiary/aromatic N) is 1. The molecule has 0 spiro atoms. The van der Waals surface area contributed by atoms with Crippen molar-refractivity contribution in [1.29, 1.82) is 0 Å². The van der Waals surface area contributed by atoms with E-state index >= 15 is 0 Å². The van der Waals surface area contributed by atoms with E-state index in [4.69, 9.17) is 9.47 Å². The van der Waals surface area contributed by atoms with Gasteiger partial charge < -0.3 is 14.4 Å². The number of carbonyl (C=O) groups excluding carboxylic acids is 1. The summed E-state index contributed by atoms with van der Waals surface area (Å²) >= 11 is 0. The quantitative estimate of drug-likeness (QED) is 0.803. The molecule has 4 nitrogen and oxygen atoms in total. The van der Waals surface area contributed by atoms with Crippen LogP contribution in [-0.2, 0) is 9.47 Å². The van der Waals surface area contributed by atoms with Crippen molar-refractivity contribution in [3.8, 4) is 0 Å². The topological polar surface area (TPSA) is 38.8 Å². The van der Waals surface area contributed by atoms with Crippen molar-refractivity contribution in [1.82, 2.24) is 4.90 Å². The molecule has 0 N–H and O–H groups in total. The number of Topliss-reactive ketones (excluding diaryl/α,β-unsaturated/α-hetero) is 1. The smallest absolute Gasteiger partial charge is 0.184 e. The highest BCUT2D eigenvalue weighted by atomic mass is 16.7. The number of ketones is 1. The van der Waals surface area contributed by atoms with E-state index in [0.717, 1.165) is 24.0 Å². The minimum absolute atomic E-state index is 0.143. The number of ether oxygens (including phenoxy) is 2. The van der Waals surface area contributed by atoms with Crippen molar-refractivity contribution in [3.05, 3.63) is 35.4 Å². The van der Waals surface area contributed by atoms with Gasteiger partial charge in [-0.05, 0) is 32.7 Å². The Labute approximate surface area is 137 Å². The van der Waals surface area contributed by atoms with Crippen molar-refractivity contribution in [2.24, 2.45) is 5.92 Å². The van der Waals surface area contributed by atoms with Gasteiger partial charge in [-0.2, -0.15) is 0 Å². The van der Waals surface area contributed by atoms with E-state index in [1.165, 1.54) is 19.3 Å². The summed E-state index contributed by atoms with van der Waals surface area (Å²) < 4.78 is 11.3. The van der Waals surface area contributed by atoms with Gasteiger partial charge in [0, 0.05) is 29.1 Å². The maximum Gasteiger partial charge on any atom is 0.184 e. The van der Waals surface area contributed by atoms with Crippen LogP contribution in [0.5, 0.6) is 0 Å². The van der Waals surface area contributed by atoms with Gasteiger partial charge in [0.1, 0.15) is 0 Å². The van der Waals surface area contributed by atoms with Crippen molar-refractivity contribution >= 4 is 5.78 Å². The van der Waals surface area contributed by atoms with Crippen LogP contribution in [-0.4, -0.2) is 43.0 Å². The molecule has 0 aromatic heterocycles. The average molecular weight is 315 g/mol. The van der Waals surface area contributed by atoms with E-state index in [-0.39, 0.29) is 18.0 Å². The van der Waals surface area contributed by atoms with Crippen molar-refractivity contribution in [2.45, 2.75) is 50.5 Å². The Bertz CT molecular complexity index is 568. The Morgan fingerprint density at radius 1 is 1.09 bits per heavy atom. The van der Waals surface area contributed by atoms with Gasteiger partial charge in [0.2, 0.25) is 0 Å². The third kappa shape index (κ3) is 2.84. The first-order chi connectivity index (χ1) is 11.2. The third-order valence-electron chi connectivity index (χ3n) is 5.81. The van der Waals surface area contributed by atoms with E-state index in [9.17, 15) is 4.79 Å². The van der Waals surface area contributed by atoms with E-state index in [2.05, 4.69) is 11.9 Å². The zero-order chi connectivity index (χ0) is 15.8. The summed E-state index contributed by atoms with van der Waals surface area (Å²) in [4.78, 5) is 15.7. The SMILES string of the molecule is CN1C2CCCC1CC(C(=O)c1ccccc1C1OCCO1)C2. The van der Waals surface area contributed by atoms with Crippen LogP contribution in [0.15, 0.2) is 24.3 Å². The average Bonchev–Trinajstić information content (AvgIpc) is 3.08. The third-order valence-corrected chi connectivity index (χ3v) is 5.81. The first-order valence-electron chi connectivity index (χ1n) is 8.82. The van der Waals surface area contributed by atoms with Crippen LogP contribution in [0.3, 0.4) is 0 Å². The Morgan fingerprint density at radius 3 is 2.43 bits per heavy atom. The Balaban J connectivity index is 1.57. The number of rotatable bonds is 3. The summed E-state index contributed by atoms with van der Waals surface area (Å²) in [6.45, 7) is 1.21. The predicted octanol–water partition coefficient (Wildman–Crippen LogP) is 3.18. The highest BCUT2D eigenvalue weighted by Crippen LogP contribution is 2.38. The van der Waals surface area contributed by atoms with Crippen LogP contribution in [0.1, 0.15) is 54.3 Å². The lowest BCUT2D eigenvalue weighted by atomic mass is 9.75. The number of carbonyl (C=O) groups is 1. The number of hydrogen-bond acceptors (Lipinski definition) is 4. The predicted molar refractivity (Wildman–Crippen MR) is 87.3 cm³/mol. The fraction of sp³-hybridized carbons (Fsp3) is 0.632. The van der Waals surface area contributed by atoms with Gasteiger partial charge >= 0.3 is 0 Å². The maximum absolute atomic E-state index is 13.2. The molecule has 3 fully saturated rings. The fourth-order valence-electron chi connectivity index (χ4n) is 4.51. The minimum Gasteiger partial charge on any atom is -0.346 e. The highest BCUT2D eigenvalue weighted by molar-refractivity contribution is 5.99. The van der Waals surface area contributed by atoms with E-state index < -0.39 is 0 Å². The summed E-state index contributed by atoms with van der Waals surface area (Å²) in [5.74, 6) is 0.425. The molecule has 0 aliphatic carbocycles. The molecule has 3 saturated heterocycles. The van der Waals surface area contributed by atoms with Gasteiger partial charge in [0.05, 0.1) is 13.2 Å². The van der Waals surface area contributed by atoms with Gasteiger partial charge in [0.15, 0.2) is 12.1 Å². The molecule has 3 heterocycles. The lowest BCUT2D eigenvalue weighted by molar-refractivity contribution is -0.0446. The second kappa shape index (κ2) is 6.34. The van der Waals surface area contributed by atoms with E-state index in [0.29, 0.717) is 25.3 Å². The molecule has 124 valence electrons. The minimum atomic E-state index is -0.374. The first-order valence-corrected chi connectivity index (χ1v) is 8.82. The molecular formula is C19H25NO3. The second-order valence-electron chi connectivity index (χ2n) is 7.10. The molecule has 2 atom stereocenters. The summed E-state index contributed by atoms with van der Waals surface area (Å²) in [6.07, 6.45) is 5.38. The number of benzene rings is 1. The standard InChI is InChI=1S/C19H25NO3/c1-20-14-5-4-6-15(20)12-13(11-14)18(21)16-7-2-3-8-17(16)19-22-9-10-23-19/h2-3,7-8,13-15,19H,4-6,9-12H2,1H3. The zero-order valence-corrected chi connectivity index (χ0v) is 13.7. The molecule has 3 aliphatic heterocycles. The molecule has 1 aromatic rings. The zero-order valence-electron chi connectivity index (χ0n) is 13.7. The van der Waals surface area contributed by atoms with E-state index in [1.54, 1.807) is 0 Å². The Morgan fingerprint density at radius 2 is 1.74 bits per heavy atom. The lowest BCUT2D eigenvalue weighted by Gasteiger charge is -2.46.